The Hall–Kier alpha value is -3.67. The van der Waals surface area contributed by atoms with Gasteiger partial charge in [-0.05, 0) is 30.7 Å². The molecule has 11 heteroatoms. The average molecular weight is 511 g/mol. The van der Waals surface area contributed by atoms with Crippen LogP contribution in [0.2, 0.25) is 0 Å². The summed E-state index contributed by atoms with van der Waals surface area (Å²) < 4.78 is 31.7. The summed E-state index contributed by atoms with van der Waals surface area (Å²) >= 11 is 0. The van der Waals surface area contributed by atoms with Crippen LogP contribution < -0.4 is 10.6 Å². The minimum absolute atomic E-state index is 0.0276. The lowest BCUT2D eigenvalue weighted by molar-refractivity contribution is -0.0318. The smallest absolute Gasteiger partial charge is 0.273 e. The van der Waals surface area contributed by atoms with Gasteiger partial charge >= 0.3 is 0 Å². The highest BCUT2D eigenvalue weighted by Crippen LogP contribution is 2.17. The Kier molecular flexibility index (Phi) is 9.69. The van der Waals surface area contributed by atoms with Crippen LogP contribution in [0.4, 0.5) is 4.39 Å². The normalized spacial score (nSPS) is 11.3. The van der Waals surface area contributed by atoms with Gasteiger partial charge in [0.15, 0.2) is 11.6 Å². The van der Waals surface area contributed by atoms with Crippen LogP contribution in [0.25, 0.3) is 11.0 Å². The fourth-order valence-electron chi connectivity index (χ4n) is 3.89. The van der Waals surface area contributed by atoms with Crippen molar-refractivity contribution in [2.45, 2.75) is 32.4 Å². The second-order valence-electron chi connectivity index (χ2n) is 8.33. The van der Waals surface area contributed by atoms with Crippen LogP contribution in [0.1, 0.15) is 34.3 Å². The van der Waals surface area contributed by atoms with Crippen molar-refractivity contribution in [3.63, 3.8) is 0 Å². The van der Waals surface area contributed by atoms with Crippen molar-refractivity contribution in [1.29, 1.82) is 0 Å². The van der Waals surface area contributed by atoms with Gasteiger partial charge in [-0.15, -0.1) is 0 Å². The van der Waals surface area contributed by atoms with Gasteiger partial charge in [0.1, 0.15) is 24.7 Å². The first kappa shape index (κ1) is 26.4. The molecule has 3 aromatic heterocycles. The summed E-state index contributed by atoms with van der Waals surface area (Å²) in [6.45, 7) is 3.06. The van der Waals surface area contributed by atoms with Crippen molar-refractivity contribution < 1.29 is 23.1 Å². The highest BCUT2D eigenvalue weighted by atomic mass is 19.1. The number of aromatic nitrogens is 4. The van der Waals surface area contributed by atoms with Gasteiger partial charge in [0.25, 0.3) is 5.91 Å². The molecule has 0 unspecified atom stereocenters. The van der Waals surface area contributed by atoms with Gasteiger partial charge in [0.2, 0.25) is 0 Å². The van der Waals surface area contributed by atoms with Gasteiger partial charge in [0, 0.05) is 45.8 Å². The Balaban J connectivity index is 1.22. The number of rotatable bonds is 15. The number of amides is 1. The molecule has 196 valence electrons. The molecule has 0 spiro atoms. The van der Waals surface area contributed by atoms with E-state index in [9.17, 15) is 9.18 Å². The Morgan fingerprint density at radius 2 is 2.00 bits per heavy atom. The highest BCUT2D eigenvalue weighted by Gasteiger charge is 2.14. The number of carbonyl (C=O) groups excluding carboxylic acids is 1. The minimum Gasteiger partial charge on any atom is -0.448 e. The quantitative estimate of drug-likeness (QED) is 0.185. The summed E-state index contributed by atoms with van der Waals surface area (Å²) in [6, 6.07) is 10.9. The third-order valence-corrected chi connectivity index (χ3v) is 5.68. The molecule has 0 aliphatic heterocycles. The topological polar surface area (TPSA) is 116 Å². The molecule has 1 aromatic carbocycles. The summed E-state index contributed by atoms with van der Waals surface area (Å²) in [5.41, 5.74) is 2.40. The van der Waals surface area contributed by atoms with Crippen molar-refractivity contribution in [1.82, 2.24) is 30.2 Å². The van der Waals surface area contributed by atoms with Gasteiger partial charge in [0.05, 0.1) is 29.9 Å². The van der Waals surface area contributed by atoms with Gasteiger partial charge in [-0.3, -0.25) is 9.78 Å². The molecule has 0 radical (unpaired) electrons. The molecule has 37 heavy (non-hydrogen) atoms. The monoisotopic (exact) mass is 510 g/mol. The predicted molar refractivity (Wildman–Crippen MR) is 134 cm³/mol. The number of carbonyl (C=O) groups is 1. The number of hydrogen-bond acceptors (Lipinski definition) is 8. The summed E-state index contributed by atoms with van der Waals surface area (Å²) in [5, 5.41) is 5.99. The fraction of sp³-hybridized carbons (Fsp3) is 0.385. The van der Waals surface area contributed by atoms with E-state index in [1.807, 2.05) is 18.2 Å². The molecule has 10 nitrogen and oxygen atoms in total. The average Bonchev–Trinajstić information content (AvgIpc) is 3.53. The lowest BCUT2D eigenvalue weighted by atomic mass is 10.3. The van der Waals surface area contributed by atoms with E-state index in [0.717, 1.165) is 42.8 Å². The van der Waals surface area contributed by atoms with Crippen LogP contribution >= 0.6 is 0 Å². The number of benzene rings is 1. The molecule has 0 aliphatic rings. The largest absolute Gasteiger partial charge is 0.448 e. The maximum absolute atomic E-state index is 13.7. The minimum atomic E-state index is -0.471. The summed E-state index contributed by atoms with van der Waals surface area (Å²) in [5.74, 6) is 0.547. The van der Waals surface area contributed by atoms with E-state index < -0.39 is 11.7 Å². The van der Waals surface area contributed by atoms with Crippen LogP contribution in [0.15, 0.2) is 53.3 Å². The molecule has 1 amide bonds. The Bertz CT molecular complexity index is 1290. The van der Waals surface area contributed by atoms with E-state index in [1.165, 1.54) is 24.6 Å². The zero-order chi connectivity index (χ0) is 25.9. The first-order chi connectivity index (χ1) is 18.2. The van der Waals surface area contributed by atoms with Crippen LogP contribution in [-0.2, 0) is 35.4 Å². The number of aryl methyl sites for hydroxylation is 1. The third-order valence-electron chi connectivity index (χ3n) is 5.68. The fourth-order valence-corrected chi connectivity index (χ4v) is 3.89. The van der Waals surface area contributed by atoms with E-state index in [0.29, 0.717) is 32.3 Å². The first-order valence-electron chi connectivity index (χ1n) is 12.2. The second kappa shape index (κ2) is 13.6. The van der Waals surface area contributed by atoms with E-state index >= 15 is 0 Å². The Labute approximate surface area is 214 Å². The maximum Gasteiger partial charge on any atom is 0.273 e. The molecule has 3 heterocycles. The molecule has 0 bridgehead atoms. The summed E-state index contributed by atoms with van der Waals surface area (Å²) in [4.78, 5) is 25.2. The first-order valence-corrected chi connectivity index (χ1v) is 12.2. The van der Waals surface area contributed by atoms with Crippen LogP contribution in [0, 0.1) is 5.82 Å². The molecule has 0 saturated heterocycles. The molecule has 2 N–H and O–H groups in total. The molecule has 0 saturated carbocycles. The van der Waals surface area contributed by atoms with Gasteiger partial charge in [-0.1, -0.05) is 12.1 Å². The number of oxazole rings is 1. The van der Waals surface area contributed by atoms with Crippen LogP contribution in [0.5, 0.6) is 0 Å². The van der Waals surface area contributed by atoms with Crippen molar-refractivity contribution >= 4 is 16.9 Å². The third kappa shape index (κ3) is 7.42. The van der Waals surface area contributed by atoms with E-state index in [2.05, 4.69) is 31.2 Å². The molecule has 0 aliphatic carbocycles. The molecule has 4 rings (SSSR count). The van der Waals surface area contributed by atoms with Crippen molar-refractivity contribution in [2.24, 2.45) is 0 Å². The van der Waals surface area contributed by atoms with Crippen LogP contribution in [-0.4, -0.2) is 59.0 Å². The maximum atomic E-state index is 13.7. The lowest BCUT2D eigenvalue weighted by Gasteiger charge is -2.10. The Morgan fingerprint density at radius 3 is 2.86 bits per heavy atom. The Morgan fingerprint density at radius 1 is 1.14 bits per heavy atom. The number of ether oxygens (including phenoxy) is 2. The number of nitrogens with zero attached hydrogens (tertiary/aromatic N) is 4. The number of para-hydroxylation sites is 2. The molecule has 0 fully saturated rings. The highest BCUT2D eigenvalue weighted by molar-refractivity contribution is 5.91. The molecule has 4 aromatic rings. The van der Waals surface area contributed by atoms with E-state index in [-0.39, 0.29) is 17.9 Å². The van der Waals surface area contributed by atoms with Gasteiger partial charge in [-0.25, -0.2) is 14.4 Å². The van der Waals surface area contributed by atoms with Crippen molar-refractivity contribution in [2.75, 3.05) is 33.6 Å². The van der Waals surface area contributed by atoms with Crippen molar-refractivity contribution in [3.05, 3.63) is 77.8 Å². The standard InChI is InChI=1S/C26H31FN6O4/c1-35-18-36-15-5-14-33-23-8-3-2-7-20(23)31-24(33)9-12-28-13-10-25-32-22(17-37-25)26(34)30-16-21-19(27)6-4-11-29-21/h2-4,6-8,11,17,28H,5,9-10,12-16,18H2,1H3,(H,30,34). The number of hydrogen-bond donors (Lipinski definition) is 2. The van der Waals surface area contributed by atoms with Crippen molar-refractivity contribution in [3.8, 4) is 0 Å². The van der Waals surface area contributed by atoms with Gasteiger partial charge < -0.3 is 29.1 Å². The number of pyridine rings is 1. The number of imidazole rings is 1. The summed E-state index contributed by atoms with van der Waals surface area (Å²) in [6.07, 6.45) is 4.92. The van der Waals surface area contributed by atoms with E-state index in [1.54, 1.807) is 7.11 Å². The number of halogens is 1. The number of fused-ring (bicyclic) bond motifs is 1. The number of methoxy groups -OCH3 is 1. The lowest BCUT2D eigenvalue weighted by Crippen LogP contribution is -2.24. The summed E-state index contributed by atoms with van der Waals surface area (Å²) in [7, 11) is 1.61. The van der Waals surface area contributed by atoms with Crippen LogP contribution in [0.3, 0.4) is 0 Å². The van der Waals surface area contributed by atoms with Gasteiger partial charge in [-0.2, -0.15) is 0 Å². The zero-order valence-corrected chi connectivity index (χ0v) is 20.8. The molecular weight excluding hydrogens is 479 g/mol. The second-order valence-corrected chi connectivity index (χ2v) is 8.33. The molecular formula is C26H31FN6O4. The molecule has 0 atom stereocenters. The SMILES string of the molecule is COCOCCCn1c(CCNCCc2nc(C(=O)NCc3ncccc3F)co2)nc2ccccc21. The zero-order valence-electron chi connectivity index (χ0n) is 20.8. The number of nitrogens with one attached hydrogen (secondary N) is 2. The predicted octanol–water partition coefficient (Wildman–Crippen LogP) is 2.87. The van der Waals surface area contributed by atoms with E-state index in [4.69, 9.17) is 18.9 Å².